The monoisotopic (exact) mass is 384 g/mol. The number of allylic oxidation sites excluding steroid dienone is 1. The Morgan fingerprint density at radius 3 is 2.34 bits per heavy atom. The zero-order valence-corrected chi connectivity index (χ0v) is 17.2. The molecule has 0 radical (unpaired) electrons. The molecule has 0 aliphatic carbocycles. The summed E-state index contributed by atoms with van der Waals surface area (Å²) < 4.78 is 11.8. The van der Waals surface area contributed by atoms with Crippen molar-refractivity contribution in [2.45, 2.75) is 32.8 Å². The lowest BCUT2D eigenvalue weighted by Crippen LogP contribution is -2.06. The average molecular weight is 385 g/mol. The van der Waals surface area contributed by atoms with E-state index in [4.69, 9.17) is 9.15 Å². The van der Waals surface area contributed by atoms with Crippen molar-refractivity contribution in [3.8, 4) is 11.8 Å². The maximum Gasteiger partial charge on any atom is 0.132 e. The van der Waals surface area contributed by atoms with Gasteiger partial charge in [0.2, 0.25) is 0 Å². The van der Waals surface area contributed by atoms with Crippen LogP contribution in [0.3, 0.4) is 0 Å². The van der Waals surface area contributed by atoms with Crippen LogP contribution in [0.2, 0.25) is 0 Å². The van der Waals surface area contributed by atoms with E-state index in [9.17, 15) is 0 Å². The van der Waals surface area contributed by atoms with Gasteiger partial charge in [-0.3, -0.25) is 0 Å². The highest BCUT2D eigenvalue weighted by Gasteiger charge is 2.14. The molecule has 148 valence electrons. The van der Waals surface area contributed by atoms with E-state index in [2.05, 4.69) is 43.9 Å². The molecule has 3 aromatic rings. The fourth-order valence-corrected chi connectivity index (χ4v) is 2.93. The first-order valence-corrected chi connectivity index (χ1v) is 10.2. The molecule has 0 N–H and O–H groups in total. The summed E-state index contributed by atoms with van der Waals surface area (Å²) in [6.07, 6.45) is 5.49. The lowest BCUT2D eigenvalue weighted by molar-refractivity contribution is 0.0336. The third kappa shape index (κ3) is 6.82. The standard InChI is InChI=1S/C27H28O2/c1-22(2)19-21-29-27(26-14-9-20-28-26)18-17-25(24-12-7-4-8-13-24)16-15-23-10-5-3-6-11-23/h3-14,17,20,22,27H,18-19,21H2,1-2H3/b25-17+. The van der Waals surface area contributed by atoms with E-state index in [0.29, 0.717) is 18.9 Å². The van der Waals surface area contributed by atoms with Crippen LogP contribution in [0.25, 0.3) is 5.57 Å². The zero-order chi connectivity index (χ0) is 20.3. The van der Waals surface area contributed by atoms with Crippen molar-refractivity contribution in [3.63, 3.8) is 0 Å². The highest BCUT2D eigenvalue weighted by atomic mass is 16.5. The van der Waals surface area contributed by atoms with E-state index in [-0.39, 0.29) is 6.10 Å². The van der Waals surface area contributed by atoms with Gasteiger partial charge >= 0.3 is 0 Å². The minimum Gasteiger partial charge on any atom is -0.467 e. The van der Waals surface area contributed by atoms with Gasteiger partial charge in [0, 0.05) is 24.2 Å². The highest BCUT2D eigenvalue weighted by Crippen LogP contribution is 2.25. The molecule has 2 heteroatoms. The number of hydrogen-bond acceptors (Lipinski definition) is 2. The first-order valence-electron chi connectivity index (χ1n) is 10.2. The second-order valence-corrected chi connectivity index (χ2v) is 7.39. The predicted molar refractivity (Wildman–Crippen MR) is 119 cm³/mol. The molecule has 0 aliphatic heterocycles. The Bertz CT molecular complexity index is 926. The van der Waals surface area contributed by atoms with Crippen molar-refractivity contribution < 1.29 is 9.15 Å². The fraction of sp³-hybridized carbons (Fsp3) is 0.259. The lowest BCUT2D eigenvalue weighted by Gasteiger charge is -2.15. The molecule has 1 unspecified atom stereocenters. The number of rotatable bonds is 8. The Morgan fingerprint density at radius 2 is 1.69 bits per heavy atom. The predicted octanol–water partition coefficient (Wildman–Crippen LogP) is 6.91. The van der Waals surface area contributed by atoms with Crippen LogP contribution < -0.4 is 0 Å². The van der Waals surface area contributed by atoms with Gasteiger partial charge in [-0.15, -0.1) is 0 Å². The van der Waals surface area contributed by atoms with Gasteiger partial charge in [0.25, 0.3) is 0 Å². The highest BCUT2D eigenvalue weighted by molar-refractivity contribution is 5.79. The molecule has 3 rings (SSSR count). The molecular weight excluding hydrogens is 356 g/mol. The summed E-state index contributed by atoms with van der Waals surface area (Å²) in [5.41, 5.74) is 3.11. The van der Waals surface area contributed by atoms with Crippen LogP contribution in [0, 0.1) is 17.8 Å². The van der Waals surface area contributed by atoms with Crippen molar-refractivity contribution in [3.05, 3.63) is 102 Å². The van der Waals surface area contributed by atoms with Gasteiger partial charge in [-0.2, -0.15) is 0 Å². The summed E-state index contributed by atoms with van der Waals surface area (Å²) in [7, 11) is 0. The van der Waals surface area contributed by atoms with E-state index in [1.807, 2.05) is 60.7 Å². The number of furan rings is 1. The summed E-state index contributed by atoms with van der Waals surface area (Å²) in [4.78, 5) is 0. The van der Waals surface area contributed by atoms with Gasteiger partial charge in [-0.05, 0) is 42.2 Å². The molecule has 0 saturated carbocycles. The maximum atomic E-state index is 6.16. The zero-order valence-electron chi connectivity index (χ0n) is 17.2. The molecule has 2 nitrogen and oxygen atoms in total. The van der Waals surface area contributed by atoms with Crippen molar-refractivity contribution in [1.29, 1.82) is 0 Å². The molecule has 1 heterocycles. The normalized spacial score (nSPS) is 12.4. The Morgan fingerprint density at radius 1 is 0.966 bits per heavy atom. The molecule has 1 atom stereocenters. The molecule has 0 aliphatic rings. The largest absolute Gasteiger partial charge is 0.467 e. The van der Waals surface area contributed by atoms with Gasteiger partial charge in [-0.25, -0.2) is 0 Å². The SMILES string of the molecule is CC(C)CCOC(C/C=C(\C#Cc1ccccc1)c1ccccc1)c1ccco1. The first-order chi connectivity index (χ1) is 14.2. The Labute approximate surface area is 174 Å². The Kier molecular flexibility index (Phi) is 7.92. The number of ether oxygens (including phenoxy) is 1. The van der Waals surface area contributed by atoms with Gasteiger partial charge in [0.1, 0.15) is 11.9 Å². The van der Waals surface area contributed by atoms with E-state index < -0.39 is 0 Å². The first kappa shape index (κ1) is 20.7. The Balaban J connectivity index is 1.82. The Hall–Kier alpha value is -3.02. The lowest BCUT2D eigenvalue weighted by atomic mass is 10.0. The van der Waals surface area contributed by atoms with Crippen molar-refractivity contribution in [2.75, 3.05) is 6.61 Å². The van der Waals surface area contributed by atoms with Crippen molar-refractivity contribution in [1.82, 2.24) is 0 Å². The summed E-state index contributed by atoms with van der Waals surface area (Å²) >= 11 is 0. The smallest absolute Gasteiger partial charge is 0.132 e. The second kappa shape index (κ2) is 11.1. The van der Waals surface area contributed by atoms with Crippen LogP contribution in [0.4, 0.5) is 0 Å². The van der Waals surface area contributed by atoms with Gasteiger partial charge in [-0.1, -0.05) is 80.3 Å². The van der Waals surface area contributed by atoms with E-state index in [1.165, 1.54) is 0 Å². The molecule has 0 spiro atoms. The third-order valence-electron chi connectivity index (χ3n) is 4.61. The number of hydrogen-bond donors (Lipinski definition) is 0. The average Bonchev–Trinajstić information content (AvgIpc) is 3.28. The van der Waals surface area contributed by atoms with Crippen LogP contribution in [-0.4, -0.2) is 6.61 Å². The summed E-state index contributed by atoms with van der Waals surface area (Å²) in [6.45, 7) is 5.13. The summed E-state index contributed by atoms with van der Waals surface area (Å²) in [5, 5.41) is 0. The minimum absolute atomic E-state index is 0.110. The summed E-state index contributed by atoms with van der Waals surface area (Å²) in [6, 6.07) is 24.2. The van der Waals surface area contributed by atoms with Crippen molar-refractivity contribution >= 4 is 5.57 Å². The molecule has 1 aromatic heterocycles. The van der Waals surface area contributed by atoms with Crippen LogP contribution in [-0.2, 0) is 4.74 Å². The van der Waals surface area contributed by atoms with E-state index in [1.54, 1.807) is 6.26 Å². The van der Waals surface area contributed by atoms with Crippen molar-refractivity contribution in [2.24, 2.45) is 5.92 Å². The van der Waals surface area contributed by atoms with Gasteiger partial charge < -0.3 is 9.15 Å². The van der Waals surface area contributed by atoms with Crippen LogP contribution in [0.15, 0.2) is 89.6 Å². The van der Waals surface area contributed by atoms with Crippen LogP contribution >= 0.6 is 0 Å². The third-order valence-corrected chi connectivity index (χ3v) is 4.61. The minimum atomic E-state index is -0.110. The second-order valence-electron chi connectivity index (χ2n) is 7.39. The van der Waals surface area contributed by atoms with E-state index in [0.717, 1.165) is 28.9 Å². The molecule has 0 fully saturated rings. The van der Waals surface area contributed by atoms with E-state index >= 15 is 0 Å². The van der Waals surface area contributed by atoms with Gasteiger partial charge in [0.15, 0.2) is 0 Å². The molecule has 0 amide bonds. The molecule has 29 heavy (non-hydrogen) atoms. The molecule has 0 bridgehead atoms. The van der Waals surface area contributed by atoms with Crippen LogP contribution in [0.1, 0.15) is 49.7 Å². The molecular formula is C27H28O2. The summed E-state index contributed by atoms with van der Waals surface area (Å²) in [5.74, 6) is 8.10. The number of benzene rings is 2. The van der Waals surface area contributed by atoms with Gasteiger partial charge in [0.05, 0.1) is 6.26 Å². The van der Waals surface area contributed by atoms with Crippen LogP contribution in [0.5, 0.6) is 0 Å². The maximum absolute atomic E-state index is 6.16. The molecule has 0 saturated heterocycles. The quantitative estimate of drug-likeness (QED) is 0.394. The fourth-order valence-electron chi connectivity index (χ4n) is 2.93. The molecule has 2 aromatic carbocycles. The topological polar surface area (TPSA) is 22.4 Å².